The second-order valence-corrected chi connectivity index (χ2v) is 9.33. The average Bonchev–Trinajstić information content (AvgIpc) is 2.86. The zero-order valence-corrected chi connectivity index (χ0v) is 21.2. The molecular weight excluding hydrogens is 482 g/mol. The quantitative estimate of drug-likeness (QED) is 0.105. The van der Waals surface area contributed by atoms with Crippen molar-refractivity contribution in [2.75, 3.05) is 40.0 Å². The number of aliphatic hydroxyl groups is 6. The van der Waals surface area contributed by atoms with Gasteiger partial charge in [-0.2, -0.15) is 0 Å². The number of nitrogens with zero attached hydrogens (tertiary/aromatic N) is 1. The van der Waals surface area contributed by atoms with E-state index in [-0.39, 0.29) is 19.2 Å². The van der Waals surface area contributed by atoms with Gasteiger partial charge >= 0.3 is 5.97 Å². The summed E-state index contributed by atoms with van der Waals surface area (Å²) >= 11 is 0. The summed E-state index contributed by atoms with van der Waals surface area (Å²) in [5, 5.41) is 59.8. The maximum Gasteiger partial charge on any atom is 0.305 e. The highest BCUT2D eigenvalue weighted by molar-refractivity contribution is 5.68. The van der Waals surface area contributed by atoms with Crippen LogP contribution in [-0.4, -0.2) is 143 Å². The summed E-state index contributed by atoms with van der Waals surface area (Å²) in [6.45, 7) is 4.95. The van der Waals surface area contributed by atoms with E-state index < -0.39 is 61.4 Å². The normalized spacial score (nSPS) is 37.3. The van der Waals surface area contributed by atoms with Gasteiger partial charge in [-0.3, -0.25) is 9.69 Å². The highest BCUT2D eigenvalue weighted by Crippen LogP contribution is 2.23. The van der Waals surface area contributed by atoms with Gasteiger partial charge < -0.3 is 54.3 Å². The lowest BCUT2D eigenvalue weighted by molar-refractivity contribution is -0.295. The van der Waals surface area contributed by atoms with Crippen LogP contribution in [0.4, 0.5) is 0 Å². The highest BCUT2D eigenvalue weighted by atomic mass is 16.7. The monoisotopic (exact) mass is 525 g/mol. The summed E-state index contributed by atoms with van der Waals surface area (Å²) in [5.41, 5.74) is 0. The van der Waals surface area contributed by atoms with Crippen LogP contribution in [-0.2, 0) is 28.5 Å². The molecule has 2 fully saturated rings. The third-order valence-corrected chi connectivity index (χ3v) is 6.58. The summed E-state index contributed by atoms with van der Waals surface area (Å²) in [4.78, 5) is 13.3. The molecule has 2 heterocycles. The molecule has 0 unspecified atom stereocenters. The Morgan fingerprint density at radius 2 is 1.17 bits per heavy atom. The zero-order valence-electron chi connectivity index (χ0n) is 21.2. The number of hydrogen-bond donors (Lipinski definition) is 6. The SMILES string of the molecule is COC(=O)CCCCCN(CCO[C@@H]1O[C@@H](C)[C@@H](O)[C@@H](O)[C@@H]1O)CCO[C@@H]1O[C@@H](C)[C@@H](O)[C@@H](O)[C@@H]1O. The van der Waals surface area contributed by atoms with Gasteiger partial charge in [0.1, 0.15) is 36.6 Å². The lowest BCUT2D eigenvalue weighted by Gasteiger charge is -2.39. The predicted molar refractivity (Wildman–Crippen MR) is 124 cm³/mol. The lowest BCUT2D eigenvalue weighted by atomic mass is 10.0. The molecule has 0 saturated carbocycles. The number of methoxy groups -OCH3 is 1. The number of carbonyl (C=O) groups excluding carboxylic acids is 1. The second kappa shape index (κ2) is 15.4. The van der Waals surface area contributed by atoms with Gasteiger partial charge in [0.2, 0.25) is 0 Å². The molecule has 2 aliphatic rings. The first kappa shape index (κ1) is 31.2. The van der Waals surface area contributed by atoms with Crippen molar-refractivity contribution < 1.29 is 59.1 Å². The van der Waals surface area contributed by atoms with Gasteiger partial charge in [-0.25, -0.2) is 0 Å². The molecule has 212 valence electrons. The van der Waals surface area contributed by atoms with Gasteiger partial charge in [0.15, 0.2) is 12.6 Å². The Balaban J connectivity index is 1.82. The van der Waals surface area contributed by atoms with Crippen LogP contribution in [0.2, 0.25) is 0 Å². The molecule has 0 bridgehead atoms. The van der Waals surface area contributed by atoms with Gasteiger partial charge in [0, 0.05) is 19.5 Å². The van der Waals surface area contributed by atoms with E-state index >= 15 is 0 Å². The zero-order chi connectivity index (χ0) is 26.8. The standard InChI is InChI=1S/C23H43NO12/c1-13-16(26)18(28)20(30)22(35-13)33-11-9-24(8-6-4-5-7-15(25)32-3)10-12-34-23-21(31)19(29)17(27)14(2)36-23/h13-14,16-23,26-31H,4-12H2,1-3H3/t13-,14-,16+,17+,18+,19+,20-,21-,22+,23+/m0/s1. The molecular formula is C23H43NO12. The third-order valence-electron chi connectivity index (χ3n) is 6.58. The molecule has 0 aromatic rings. The van der Waals surface area contributed by atoms with E-state index in [1.165, 1.54) is 7.11 Å². The first-order valence-corrected chi connectivity index (χ1v) is 12.5. The Morgan fingerprint density at radius 1 is 0.694 bits per heavy atom. The smallest absolute Gasteiger partial charge is 0.305 e. The molecule has 0 aromatic carbocycles. The maximum atomic E-state index is 11.3. The number of hydrogen-bond acceptors (Lipinski definition) is 13. The lowest BCUT2D eigenvalue weighted by Crippen LogP contribution is -2.57. The Morgan fingerprint density at radius 3 is 1.61 bits per heavy atom. The van der Waals surface area contributed by atoms with Gasteiger partial charge in [-0.05, 0) is 33.2 Å². The molecule has 0 spiro atoms. The van der Waals surface area contributed by atoms with Crippen LogP contribution in [0.3, 0.4) is 0 Å². The fraction of sp³-hybridized carbons (Fsp3) is 0.957. The average molecular weight is 526 g/mol. The number of esters is 1. The first-order valence-electron chi connectivity index (χ1n) is 12.5. The van der Waals surface area contributed by atoms with Crippen molar-refractivity contribution in [1.29, 1.82) is 0 Å². The summed E-state index contributed by atoms with van der Waals surface area (Å²) in [6, 6.07) is 0. The van der Waals surface area contributed by atoms with Crippen molar-refractivity contribution in [2.45, 2.75) is 101 Å². The fourth-order valence-electron chi connectivity index (χ4n) is 4.12. The first-order chi connectivity index (χ1) is 17.1. The van der Waals surface area contributed by atoms with Crippen molar-refractivity contribution in [3.8, 4) is 0 Å². The second-order valence-electron chi connectivity index (χ2n) is 9.33. The highest BCUT2D eigenvalue weighted by Gasteiger charge is 2.43. The van der Waals surface area contributed by atoms with Crippen LogP contribution in [0.25, 0.3) is 0 Å². The molecule has 13 nitrogen and oxygen atoms in total. The van der Waals surface area contributed by atoms with Crippen LogP contribution in [0.1, 0.15) is 39.5 Å². The van der Waals surface area contributed by atoms with Crippen LogP contribution in [0.5, 0.6) is 0 Å². The van der Waals surface area contributed by atoms with Gasteiger partial charge in [0.05, 0.1) is 32.5 Å². The maximum absolute atomic E-state index is 11.3. The van der Waals surface area contributed by atoms with Crippen LogP contribution in [0.15, 0.2) is 0 Å². The summed E-state index contributed by atoms with van der Waals surface area (Å²) in [7, 11) is 1.35. The molecule has 0 aliphatic carbocycles. The number of ether oxygens (including phenoxy) is 5. The molecule has 13 heteroatoms. The van der Waals surface area contributed by atoms with Crippen molar-refractivity contribution in [3.05, 3.63) is 0 Å². The van der Waals surface area contributed by atoms with Gasteiger partial charge in [-0.15, -0.1) is 0 Å². The minimum Gasteiger partial charge on any atom is -0.469 e. The molecule has 10 atom stereocenters. The largest absolute Gasteiger partial charge is 0.469 e. The van der Waals surface area contributed by atoms with E-state index in [0.29, 0.717) is 32.5 Å². The fourth-order valence-corrected chi connectivity index (χ4v) is 4.12. The third kappa shape index (κ3) is 9.10. The minimum atomic E-state index is -1.39. The van der Waals surface area contributed by atoms with Crippen molar-refractivity contribution in [2.24, 2.45) is 0 Å². The Hall–Kier alpha value is -0.970. The minimum absolute atomic E-state index is 0.157. The van der Waals surface area contributed by atoms with E-state index in [1.807, 2.05) is 4.90 Å². The van der Waals surface area contributed by atoms with Crippen LogP contribution in [0, 0.1) is 0 Å². The Bertz CT molecular complexity index is 602. The van der Waals surface area contributed by atoms with E-state index in [4.69, 9.17) is 18.9 Å². The topological polar surface area (TPSA) is 188 Å². The van der Waals surface area contributed by atoms with Crippen LogP contribution < -0.4 is 0 Å². The molecule has 0 aromatic heterocycles. The van der Waals surface area contributed by atoms with Crippen molar-refractivity contribution in [1.82, 2.24) is 4.90 Å². The van der Waals surface area contributed by atoms with E-state index in [0.717, 1.165) is 12.8 Å². The molecule has 36 heavy (non-hydrogen) atoms. The predicted octanol–water partition coefficient (Wildman–Crippen LogP) is -2.29. The van der Waals surface area contributed by atoms with Gasteiger partial charge in [-0.1, -0.05) is 6.42 Å². The molecule has 2 saturated heterocycles. The van der Waals surface area contributed by atoms with E-state index in [1.54, 1.807) is 13.8 Å². The number of aliphatic hydroxyl groups excluding tert-OH is 6. The summed E-state index contributed by atoms with van der Waals surface area (Å²) < 4.78 is 26.8. The van der Waals surface area contributed by atoms with E-state index in [2.05, 4.69) is 4.74 Å². The number of carbonyl (C=O) groups is 1. The van der Waals surface area contributed by atoms with Crippen molar-refractivity contribution >= 4 is 5.97 Å². The van der Waals surface area contributed by atoms with Gasteiger partial charge in [0.25, 0.3) is 0 Å². The number of rotatable bonds is 14. The Kier molecular flexibility index (Phi) is 13.4. The molecule has 0 amide bonds. The van der Waals surface area contributed by atoms with Crippen LogP contribution >= 0.6 is 0 Å². The summed E-state index contributed by atoms with van der Waals surface area (Å²) in [6.07, 6.45) is -8.92. The molecule has 2 aliphatic heterocycles. The molecule has 2 rings (SSSR count). The van der Waals surface area contributed by atoms with E-state index in [9.17, 15) is 35.4 Å². The molecule has 6 N–H and O–H groups in total. The summed E-state index contributed by atoms with van der Waals surface area (Å²) in [5.74, 6) is -0.256. The number of unbranched alkanes of at least 4 members (excludes halogenated alkanes) is 2. The molecule has 0 radical (unpaired) electrons. The van der Waals surface area contributed by atoms with Crippen molar-refractivity contribution in [3.63, 3.8) is 0 Å². The Labute approximate surface area is 211 Å².